The number of hydrogen-bond acceptors (Lipinski definition) is 4. The summed E-state index contributed by atoms with van der Waals surface area (Å²) in [6.45, 7) is 1.40. The second kappa shape index (κ2) is 7.86. The van der Waals surface area contributed by atoms with Gasteiger partial charge in [-0.1, -0.05) is 0 Å². The van der Waals surface area contributed by atoms with E-state index in [0.717, 1.165) is 16.7 Å². The highest BCUT2D eigenvalue weighted by molar-refractivity contribution is 6.18. The molecule has 0 spiro atoms. The first-order chi connectivity index (χ1) is 11.0. The Morgan fingerprint density at radius 2 is 2.04 bits per heavy atom. The van der Waals surface area contributed by atoms with E-state index >= 15 is 0 Å². The fourth-order valence-corrected chi connectivity index (χ4v) is 2.88. The Labute approximate surface area is 144 Å². The van der Waals surface area contributed by atoms with E-state index in [4.69, 9.17) is 34.0 Å². The van der Waals surface area contributed by atoms with E-state index < -0.39 is 12.0 Å². The largest absolute Gasteiger partial charge is 0.480 e. The highest BCUT2D eigenvalue weighted by Crippen LogP contribution is 2.23. The number of rotatable bonds is 8. The number of hydrogen-bond donors (Lipinski definition) is 2. The van der Waals surface area contributed by atoms with Crippen molar-refractivity contribution < 1.29 is 9.90 Å². The average Bonchev–Trinajstić information content (AvgIpc) is 2.82. The normalized spacial score (nSPS) is 12.5. The summed E-state index contributed by atoms with van der Waals surface area (Å²) in [4.78, 5) is 17.5. The van der Waals surface area contributed by atoms with Gasteiger partial charge in [0.2, 0.25) is 0 Å². The van der Waals surface area contributed by atoms with Gasteiger partial charge in [0.15, 0.2) is 0 Å². The fraction of sp³-hybridized carbons (Fsp3) is 0.467. The van der Waals surface area contributed by atoms with Crippen LogP contribution in [-0.2, 0) is 18.3 Å². The summed E-state index contributed by atoms with van der Waals surface area (Å²) in [5.74, 6) is 0.632. The minimum absolute atomic E-state index is 0.183. The van der Waals surface area contributed by atoms with Gasteiger partial charge in [-0.3, -0.25) is 4.79 Å². The monoisotopic (exact) mass is 358 g/mol. The summed E-state index contributed by atoms with van der Waals surface area (Å²) in [7, 11) is 1.86. The van der Waals surface area contributed by atoms with Gasteiger partial charge in [0.1, 0.15) is 11.9 Å². The van der Waals surface area contributed by atoms with Crippen LogP contribution in [0.4, 0.5) is 5.69 Å². The second-order valence-corrected chi connectivity index (χ2v) is 6.03. The van der Waals surface area contributed by atoms with Crippen LogP contribution in [0.3, 0.4) is 0 Å². The van der Waals surface area contributed by atoms with Crippen molar-refractivity contribution in [2.24, 2.45) is 12.8 Å². The molecule has 0 aliphatic rings. The van der Waals surface area contributed by atoms with Gasteiger partial charge in [0.05, 0.1) is 11.0 Å². The van der Waals surface area contributed by atoms with Gasteiger partial charge >= 0.3 is 5.97 Å². The molecule has 6 nitrogen and oxygen atoms in total. The number of fused-ring (bicyclic) bond motifs is 1. The van der Waals surface area contributed by atoms with Crippen LogP contribution < -0.4 is 10.6 Å². The Kier molecular flexibility index (Phi) is 6.10. The number of imidazole rings is 1. The van der Waals surface area contributed by atoms with Gasteiger partial charge in [0.25, 0.3) is 0 Å². The molecule has 0 fully saturated rings. The standard InChI is InChI=1S/C15H20Cl2N4O2/c1-20-13-3-2-10(21(6-4-16)7-5-17)8-12(13)19-14(20)9-11(18)15(22)23/h2-3,8,11H,4-7,9,18H2,1H3,(H,22,23)/t11-/m0/s1. The Balaban J connectivity index is 2.34. The van der Waals surface area contributed by atoms with Crippen LogP contribution in [0.25, 0.3) is 11.0 Å². The number of aryl methyl sites for hydroxylation is 1. The lowest BCUT2D eigenvalue weighted by molar-refractivity contribution is -0.138. The summed E-state index contributed by atoms with van der Waals surface area (Å²) < 4.78 is 1.87. The third kappa shape index (κ3) is 4.07. The summed E-state index contributed by atoms with van der Waals surface area (Å²) in [6, 6.07) is 4.95. The number of halogens is 2. The number of benzene rings is 1. The van der Waals surface area contributed by atoms with Crippen molar-refractivity contribution in [3.8, 4) is 0 Å². The molecule has 0 saturated heterocycles. The topological polar surface area (TPSA) is 84.4 Å². The maximum atomic E-state index is 10.9. The molecule has 23 heavy (non-hydrogen) atoms. The Morgan fingerprint density at radius 3 is 2.61 bits per heavy atom. The fourth-order valence-electron chi connectivity index (χ4n) is 2.48. The smallest absolute Gasteiger partial charge is 0.320 e. The van der Waals surface area contributed by atoms with Gasteiger partial charge < -0.3 is 20.3 Å². The summed E-state index contributed by atoms with van der Waals surface area (Å²) in [5, 5.41) is 8.95. The first-order valence-corrected chi connectivity index (χ1v) is 8.35. The van der Waals surface area contributed by atoms with Gasteiger partial charge in [-0.05, 0) is 18.2 Å². The molecule has 0 aliphatic heterocycles. The number of carboxylic acids is 1. The Hall–Kier alpha value is -1.50. The predicted molar refractivity (Wildman–Crippen MR) is 93.7 cm³/mol. The minimum atomic E-state index is -1.03. The van der Waals surface area contributed by atoms with Crippen LogP contribution in [0.2, 0.25) is 0 Å². The molecule has 3 N–H and O–H groups in total. The van der Waals surface area contributed by atoms with Gasteiger partial charge in [-0.25, -0.2) is 4.98 Å². The van der Waals surface area contributed by atoms with Crippen molar-refractivity contribution in [2.75, 3.05) is 29.7 Å². The quantitative estimate of drug-likeness (QED) is 0.703. The zero-order valence-electron chi connectivity index (χ0n) is 12.9. The van der Waals surface area contributed by atoms with E-state index in [1.807, 2.05) is 29.8 Å². The van der Waals surface area contributed by atoms with E-state index in [1.165, 1.54) is 0 Å². The number of anilines is 1. The van der Waals surface area contributed by atoms with Crippen molar-refractivity contribution >= 4 is 45.9 Å². The molecule has 1 atom stereocenters. The second-order valence-electron chi connectivity index (χ2n) is 5.27. The van der Waals surface area contributed by atoms with Crippen LogP contribution in [-0.4, -0.2) is 51.5 Å². The average molecular weight is 359 g/mol. The van der Waals surface area contributed by atoms with Gasteiger partial charge in [-0.15, -0.1) is 23.2 Å². The van der Waals surface area contributed by atoms with Crippen LogP contribution in [0.5, 0.6) is 0 Å². The van der Waals surface area contributed by atoms with E-state index in [1.54, 1.807) is 0 Å². The van der Waals surface area contributed by atoms with Crippen molar-refractivity contribution in [2.45, 2.75) is 12.5 Å². The van der Waals surface area contributed by atoms with Crippen molar-refractivity contribution in [1.29, 1.82) is 0 Å². The maximum Gasteiger partial charge on any atom is 0.320 e. The molecule has 2 rings (SSSR count). The minimum Gasteiger partial charge on any atom is -0.480 e. The zero-order valence-corrected chi connectivity index (χ0v) is 14.4. The third-order valence-electron chi connectivity index (χ3n) is 3.75. The van der Waals surface area contributed by atoms with Crippen LogP contribution in [0.1, 0.15) is 5.82 Å². The van der Waals surface area contributed by atoms with Crippen LogP contribution in [0, 0.1) is 0 Å². The lowest BCUT2D eigenvalue weighted by Gasteiger charge is -2.22. The van der Waals surface area contributed by atoms with Crippen molar-refractivity contribution in [3.05, 3.63) is 24.0 Å². The van der Waals surface area contributed by atoms with E-state index in [0.29, 0.717) is 30.7 Å². The summed E-state index contributed by atoms with van der Waals surface area (Å²) >= 11 is 11.7. The molecule has 1 aromatic heterocycles. The molecule has 0 amide bonds. The number of nitrogens with zero attached hydrogens (tertiary/aromatic N) is 3. The third-order valence-corrected chi connectivity index (χ3v) is 4.09. The lowest BCUT2D eigenvalue weighted by Crippen LogP contribution is -2.33. The van der Waals surface area contributed by atoms with E-state index in [-0.39, 0.29) is 6.42 Å². The molecular weight excluding hydrogens is 339 g/mol. The molecule has 1 heterocycles. The van der Waals surface area contributed by atoms with Crippen molar-refractivity contribution in [1.82, 2.24) is 9.55 Å². The Morgan fingerprint density at radius 1 is 1.39 bits per heavy atom. The highest BCUT2D eigenvalue weighted by Gasteiger charge is 2.17. The number of aliphatic carboxylic acids is 1. The lowest BCUT2D eigenvalue weighted by atomic mass is 10.2. The molecule has 0 radical (unpaired) electrons. The molecule has 0 bridgehead atoms. The number of nitrogens with two attached hydrogens (primary N) is 1. The van der Waals surface area contributed by atoms with Gasteiger partial charge in [-0.2, -0.15) is 0 Å². The number of aromatic nitrogens is 2. The molecule has 2 aromatic rings. The van der Waals surface area contributed by atoms with Crippen molar-refractivity contribution in [3.63, 3.8) is 0 Å². The number of carbonyl (C=O) groups is 1. The summed E-state index contributed by atoms with van der Waals surface area (Å²) in [6.07, 6.45) is 0.183. The molecule has 126 valence electrons. The van der Waals surface area contributed by atoms with Crippen LogP contribution >= 0.6 is 23.2 Å². The van der Waals surface area contributed by atoms with Crippen LogP contribution in [0.15, 0.2) is 18.2 Å². The molecule has 0 unspecified atom stereocenters. The molecule has 8 heteroatoms. The number of carboxylic acid groups (broad SMARTS) is 1. The molecule has 0 aliphatic carbocycles. The van der Waals surface area contributed by atoms with E-state index in [9.17, 15) is 4.79 Å². The predicted octanol–water partition coefficient (Wildman–Crippen LogP) is 1.81. The first-order valence-electron chi connectivity index (χ1n) is 7.28. The van der Waals surface area contributed by atoms with Gasteiger partial charge in [0, 0.05) is 44.0 Å². The molecule has 0 saturated carbocycles. The highest BCUT2D eigenvalue weighted by atomic mass is 35.5. The molecule has 1 aromatic carbocycles. The van der Waals surface area contributed by atoms with E-state index in [2.05, 4.69) is 9.88 Å². The SMILES string of the molecule is Cn1c(C[C@H](N)C(=O)O)nc2cc(N(CCCl)CCCl)ccc21. The summed E-state index contributed by atoms with van der Waals surface area (Å²) in [5.41, 5.74) is 8.32. The maximum absolute atomic E-state index is 10.9. The Bertz CT molecular complexity index is 683. The molecular formula is C15H20Cl2N4O2. The number of alkyl halides is 2. The zero-order chi connectivity index (χ0) is 17.0. The first kappa shape index (κ1) is 17.8.